The van der Waals surface area contributed by atoms with Crippen molar-refractivity contribution >= 4 is 5.97 Å². The molecule has 0 aliphatic carbocycles. The number of ether oxygens (including phenoxy) is 1. The van der Waals surface area contributed by atoms with Gasteiger partial charge in [0, 0.05) is 19.2 Å². The average molecular weight is 197 g/mol. The molecule has 0 aliphatic rings. The highest BCUT2D eigenvalue weighted by molar-refractivity contribution is 5.90. The summed E-state index contributed by atoms with van der Waals surface area (Å²) in [5.74, 6) is -0.820. The van der Waals surface area contributed by atoms with Crippen LogP contribution < -0.4 is 4.74 Å². The highest BCUT2D eigenvalue weighted by Crippen LogP contribution is 2.16. The van der Waals surface area contributed by atoms with E-state index in [-0.39, 0.29) is 24.5 Å². The molecule has 0 atom stereocenters. The molecule has 0 bridgehead atoms. The van der Waals surface area contributed by atoms with Crippen molar-refractivity contribution in [2.24, 2.45) is 0 Å². The first-order valence-electron chi connectivity index (χ1n) is 4.16. The number of carboxylic acids is 1. The maximum Gasteiger partial charge on any atom is 0.339 e. The number of aromatic nitrogens is 1. The van der Waals surface area contributed by atoms with Crippen molar-refractivity contribution in [2.45, 2.75) is 6.42 Å². The quantitative estimate of drug-likeness (QED) is 0.673. The van der Waals surface area contributed by atoms with E-state index in [4.69, 9.17) is 14.9 Å². The molecule has 0 saturated carbocycles. The molecule has 14 heavy (non-hydrogen) atoms. The zero-order valence-corrected chi connectivity index (χ0v) is 7.51. The summed E-state index contributed by atoms with van der Waals surface area (Å²) in [5.41, 5.74) is 0.0814. The van der Waals surface area contributed by atoms with Gasteiger partial charge >= 0.3 is 5.97 Å². The molecule has 76 valence electrons. The lowest BCUT2D eigenvalue weighted by molar-refractivity contribution is 0.0692. The fourth-order valence-corrected chi connectivity index (χ4v) is 0.918. The van der Waals surface area contributed by atoms with Gasteiger partial charge in [-0.25, -0.2) is 4.79 Å². The number of carbonyl (C=O) groups is 1. The molecule has 0 fully saturated rings. The Hall–Kier alpha value is -1.62. The second-order valence-electron chi connectivity index (χ2n) is 2.60. The van der Waals surface area contributed by atoms with Gasteiger partial charge in [-0.05, 0) is 6.07 Å². The van der Waals surface area contributed by atoms with E-state index in [1.165, 1.54) is 18.5 Å². The SMILES string of the molecule is O=C(O)c1ccncc1OCCCO. The number of hydrogen-bond donors (Lipinski definition) is 2. The van der Waals surface area contributed by atoms with Crippen LogP contribution in [0.4, 0.5) is 0 Å². The van der Waals surface area contributed by atoms with Gasteiger partial charge in [0.15, 0.2) is 5.75 Å². The topological polar surface area (TPSA) is 79.7 Å². The Kier molecular flexibility index (Phi) is 3.87. The lowest BCUT2D eigenvalue weighted by Gasteiger charge is -2.06. The smallest absolute Gasteiger partial charge is 0.339 e. The molecule has 0 aromatic carbocycles. The second kappa shape index (κ2) is 5.18. The van der Waals surface area contributed by atoms with Crippen LogP contribution in [-0.2, 0) is 0 Å². The van der Waals surface area contributed by atoms with Crippen molar-refractivity contribution in [3.05, 3.63) is 24.0 Å². The third-order valence-corrected chi connectivity index (χ3v) is 1.57. The van der Waals surface area contributed by atoms with Crippen molar-refractivity contribution in [1.82, 2.24) is 4.98 Å². The van der Waals surface area contributed by atoms with Crippen molar-refractivity contribution < 1.29 is 19.7 Å². The molecule has 1 aromatic heterocycles. The summed E-state index contributed by atoms with van der Waals surface area (Å²) < 4.78 is 5.14. The molecular weight excluding hydrogens is 186 g/mol. The van der Waals surface area contributed by atoms with E-state index in [1.807, 2.05) is 0 Å². The van der Waals surface area contributed by atoms with Gasteiger partial charge in [-0.2, -0.15) is 0 Å². The van der Waals surface area contributed by atoms with E-state index in [9.17, 15) is 4.79 Å². The van der Waals surface area contributed by atoms with Crippen LogP contribution in [0.1, 0.15) is 16.8 Å². The molecule has 2 N–H and O–H groups in total. The van der Waals surface area contributed by atoms with Crippen LogP contribution in [0.5, 0.6) is 5.75 Å². The summed E-state index contributed by atoms with van der Waals surface area (Å²) >= 11 is 0. The van der Waals surface area contributed by atoms with Crippen LogP contribution in [0.3, 0.4) is 0 Å². The lowest BCUT2D eigenvalue weighted by atomic mass is 10.2. The molecule has 0 saturated heterocycles. The number of aliphatic hydroxyl groups excluding tert-OH is 1. The van der Waals surface area contributed by atoms with Crippen molar-refractivity contribution in [1.29, 1.82) is 0 Å². The van der Waals surface area contributed by atoms with E-state index < -0.39 is 5.97 Å². The highest BCUT2D eigenvalue weighted by Gasteiger charge is 2.09. The molecule has 0 unspecified atom stereocenters. The summed E-state index contributed by atoms with van der Waals surface area (Å²) in [4.78, 5) is 14.5. The molecule has 5 heteroatoms. The van der Waals surface area contributed by atoms with Crippen LogP contribution >= 0.6 is 0 Å². The number of carboxylic acid groups (broad SMARTS) is 1. The van der Waals surface area contributed by atoms with Gasteiger partial charge in [0.1, 0.15) is 5.56 Å². The van der Waals surface area contributed by atoms with Gasteiger partial charge in [-0.1, -0.05) is 0 Å². The predicted molar refractivity (Wildman–Crippen MR) is 48.4 cm³/mol. The highest BCUT2D eigenvalue weighted by atomic mass is 16.5. The summed E-state index contributed by atoms with van der Waals surface area (Å²) in [5, 5.41) is 17.3. The van der Waals surface area contributed by atoms with Gasteiger partial charge in [-0.3, -0.25) is 4.98 Å². The molecular formula is C9H11NO4. The zero-order chi connectivity index (χ0) is 10.4. The monoisotopic (exact) mass is 197 g/mol. The normalized spacial score (nSPS) is 9.79. The van der Waals surface area contributed by atoms with Crippen LogP contribution in [-0.4, -0.2) is 34.4 Å². The second-order valence-corrected chi connectivity index (χ2v) is 2.60. The first-order valence-corrected chi connectivity index (χ1v) is 4.16. The van der Waals surface area contributed by atoms with Crippen molar-refractivity contribution in [3.63, 3.8) is 0 Å². The zero-order valence-electron chi connectivity index (χ0n) is 7.51. The Balaban J connectivity index is 2.69. The van der Waals surface area contributed by atoms with Crippen LogP contribution in [0, 0.1) is 0 Å². The average Bonchev–Trinajstić information content (AvgIpc) is 2.19. The number of hydrogen-bond acceptors (Lipinski definition) is 4. The van der Waals surface area contributed by atoms with Crippen LogP contribution in [0.2, 0.25) is 0 Å². The number of aliphatic hydroxyl groups is 1. The Labute approximate surface area is 81.0 Å². The van der Waals surface area contributed by atoms with E-state index in [2.05, 4.69) is 4.98 Å². The Morgan fingerprint density at radius 1 is 1.57 bits per heavy atom. The molecule has 1 heterocycles. The minimum Gasteiger partial charge on any atom is -0.491 e. The summed E-state index contributed by atoms with van der Waals surface area (Å²) in [7, 11) is 0. The third kappa shape index (κ3) is 2.70. The molecule has 0 radical (unpaired) electrons. The first-order chi connectivity index (χ1) is 6.75. The summed E-state index contributed by atoms with van der Waals surface area (Å²) in [6.07, 6.45) is 3.21. The summed E-state index contributed by atoms with van der Waals surface area (Å²) in [6.45, 7) is 0.297. The maximum atomic E-state index is 10.7. The van der Waals surface area contributed by atoms with Crippen molar-refractivity contribution in [3.8, 4) is 5.75 Å². The standard InChI is InChI=1S/C9H11NO4/c11-4-1-5-14-8-6-10-3-2-7(8)9(12)13/h2-3,6,11H,1,4-5H2,(H,12,13). The molecule has 0 aliphatic heterocycles. The fourth-order valence-electron chi connectivity index (χ4n) is 0.918. The molecule has 0 amide bonds. The molecule has 1 rings (SSSR count). The summed E-state index contributed by atoms with van der Waals surface area (Å²) in [6, 6.07) is 1.37. The largest absolute Gasteiger partial charge is 0.491 e. The number of aromatic carboxylic acids is 1. The minimum atomic E-state index is -1.05. The van der Waals surface area contributed by atoms with Crippen molar-refractivity contribution in [2.75, 3.05) is 13.2 Å². The van der Waals surface area contributed by atoms with E-state index >= 15 is 0 Å². The van der Waals surface area contributed by atoms with Gasteiger partial charge < -0.3 is 14.9 Å². The molecule has 1 aromatic rings. The fraction of sp³-hybridized carbons (Fsp3) is 0.333. The maximum absolute atomic E-state index is 10.7. The van der Waals surface area contributed by atoms with Gasteiger partial charge in [0.05, 0.1) is 12.8 Å². The third-order valence-electron chi connectivity index (χ3n) is 1.57. The van der Waals surface area contributed by atoms with Gasteiger partial charge in [-0.15, -0.1) is 0 Å². The van der Waals surface area contributed by atoms with Crippen LogP contribution in [0.15, 0.2) is 18.5 Å². The first kappa shape index (κ1) is 10.5. The number of nitrogens with zero attached hydrogens (tertiary/aromatic N) is 1. The van der Waals surface area contributed by atoms with E-state index in [0.29, 0.717) is 6.42 Å². The van der Waals surface area contributed by atoms with E-state index in [0.717, 1.165) is 0 Å². The van der Waals surface area contributed by atoms with Crippen LogP contribution in [0.25, 0.3) is 0 Å². The van der Waals surface area contributed by atoms with Gasteiger partial charge in [0.25, 0.3) is 0 Å². The van der Waals surface area contributed by atoms with E-state index in [1.54, 1.807) is 0 Å². The molecule has 5 nitrogen and oxygen atoms in total. The lowest BCUT2D eigenvalue weighted by Crippen LogP contribution is -2.05. The Morgan fingerprint density at radius 3 is 3.00 bits per heavy atom. The van der Waals surface area contributed by atoms with Gasteiger partial charge in [0.2, 0.25) is 0 Å². The Bertz CT molecular complexity index is 313. The molecule has 0 spiro atoms. The minimum absolute atomic E-state index is 0.0165. The number of rotatable bonds is 5. The Morgan fingerprint density at radius 2 is 2.36 bits per heavy atom. The predicted octanol–water partition coefficient (Wildman–Crippen LogP) is 0.541. The number of pyridine rings is 1.